The molecular weight excluding hydrogens is 371 g/mol. The van der Waals surface area contributed by atoms with Gasteiger partial charge in [0.15, 0.2) is 0 Å². The van der Waals surface area contributed by atoms with Crippen LogP contribution in [0.1, 0.15) is 0 Å². The lowest BCUT2D eigenvalue weighted by Crippen LogP contribution is -2.53. The fourth-order valence-corrected chi connectivity index (χ4v) is 5.04. The molecule has 2 aromatic carbocycles. The van der Waals surface area contributed by atoms with Crippen molar-refractivity contribution in [3.05, 3.63) is 54.3 Å². The fourth-order valence-electron chi connectivity index (χ4n) is 2.30. The summed E-state index contributed by atoms with van der Waals surface area (Å²) in [5, 5.41) is 9.26. The van der Waals surface area contributed by atoms with Gasteiger partial charge < -0.3 is 5.11 Å². The van der Waals surface area contributed by atoms with E-state index >= 15 is 0 Å². The molecule has 1 fully saturated rings. The van der Waals surface area contributed by atoms with Crippen molar-refractivity contribution in [1.82, 2.24) is 4.31 Å². The zero-order valence-electron chi connectivity index (χ0n) is 12.8. The van der Waals surface area contributed by atoms with Gasteiger partial charge in [-0.2, -0.15) is 4.31 Å². The number of hydrogen-bond donors (Lipinski definition) is 2. The van der Waals surface area contributed by atoms with E-state index in [4.69, 9.17) is 0 Å². The minimum atomic E-state index is -4.04. The van der Waals surface area contributed by atoms with E-state index in [1.807, 2.05) is 0 Å². The molecule has 0 unspecified atom stereocenters. The highest BCUT2D eigenvalue weighted by Crippen LogP contribution is 2.24. The first-order valence-electron chi connectivity index (χ1n) is 7.25. The molecule has 25 heavy (non-hydrogen) atoms. The van der Waals surface area contributed by atoms with Gasteiger partial charge in [-0.25, -0.2) is 21.2 Å². The summed E-state index contributed by atoms with van der Waals surface area (Å²) in [5.74, 6) is -0.507. The highest BCUT2D eigenvalue weighted by molar-refractivity contribution is 7.93. The minimum Gasteiger partial charge on any atom is -0.390 e. The van der Waals surface area contributed by atoms with E-state index in [2.05, 4.69) is 4.72 Å². The van der Waals surface area contributed by atoms with Crippen molar-refractivity contribution < 1.29 is 26.3 Å². The van der Waals surface area contributed by atoms with Crippen molar-refractivity contribution in [2.75, 3.05) is 17.8 Å². The zero-order chi connectivity index (χ0) is 18.2. The van der Waals surface area contributed by atoms with E-state index < -0.39 is 32.0 Å². The normalized spacial score (nSPS) is 16.4. The van der Waals surface area contributed by atoms with E-state index in [0.717, 1.165) is 22.5 Å². The molecule has 0 aromatic heterocycles. The topological polar surface area (TPSA) is 104 Å². The highest BCUT2D eigenvalue weighted by atomic mass is 32.2. The van der Waals surface area contributed by atoms with Gasteiger partial charge in [-0.15, -0.1) is 0 Å². The van der Waals surface area contributed by atoms with Gasteiger partial charge in [0, 0.05) is 18.8 Å². The Morgan fingerprint density at radius 2 is 1.60 bits per heavy atom. The summed E-state index contributed by atoms with van der Waals surface area (Å²) in [5.41, 5.74) is 0.153. The van der Waals surface area contributed by atoms with Crippen LogP contribution in [-0.4, -0.2) is 45.4 Å². The maximum atomic E-state index is 12.9. The summed E-state index contributed by atoms with van der Waals surface area (Å²) in [6.45, 7) is -0.0414. The Morgan fingerprint density at radius 1 is 1.00 bits per heavy atom. The summed E-state index contributed by atoms with van der Waals surface area (Å²) < 4.78 is 65.9. The van der Waals surface area contributed by atoms with Crippen LogP contribution in [0.15, 0.2) is 58.3 Å². The lowest BCUT2D eigenvalue weighted by molar-refractivity contribution is 0.0548. The largest absolute Gasteiger partial charge is 0.390 e. The van der Waals surface area contributed by atoms with Crippen LogP contribution in [0.3, 0.4) is 0 Å². The Labute approximate surface area is 144 Å². The van der Waals surface area contributed by atoms with Crippen LogP contribution in [0.4, 0.5) is 10.1 Å². The third kappa shape index (κ3) is 3.66. The SMILES string of the molecule is O=S(=O)(Nc1ccc(F)cc1)c1cccc(S(=O)(=O)N2CC(O)C2)c1. The first-order valence-corrected chi connectivity index (χ1v) is 10.2. The average Bonchev–Trinajstić information content (AvgIpc) is 2.54. The molecule has 0 atom stereocenters. The van der Waals surface area contributed by atoms with Crippen LogP contribution < -0.4 is 4.72 Å². The molecular formula is C15H15FN2O5S2. The minimum absolute atomic E-state index is 0.0207. The Bertz CT molecular complexity index is 985. The number of nitrogens with zero attached hydrogens (tertiary/aromatic N) is 1. The molecule has 2 aromatic rings. The smallest absolute Gasteiger partial charge is 0.261 e. The summed E-state index contributed by atoms with van der Waals surface area (Å²) in [7, 11) is -7.90. The summed E-state index contributed by atoms with van der Waals surface area (Å²) >= 11 is 0. The Kier molecular flexibility index (Phi) is 4.54. The predicted molar refractivity (Wildman–Crippen MR) is 88.4 cm³/mol. The molecule has 134 valence electrons. The number of anilines is 1. The lowest BCUT2D eigenvalue weighted by atomic mass is 10.2. The average molecular weight is 386 g/mol. The second-order valence-corrected chi connectivity index (χ2v) is 9.18. The molecule has 10 heteroatoms. The maximum absolute atomic E-state index is 12.9. The van der Waals surface area contributed by atoms with Gasteiger partial charge in [0.2, 0.25) is 10.0 Å². The number of aliphatic hydroxyl groups excluding tert-OH is 1. The Morgan fingerprint density at radius 3 is 2.20 bits per heavy atom. The summed E-state index contributed by atoms with van der Waals surface area (Å²) in [6, 6.07) is 9.65. The maximum Gasteiger partial charge on any atom is 0.261 e. The van der Waals surface area contributed by atoms with Gasteiger partial charge >= 0.3 is 0 Å². The number of aliphatic hydroxyl groups is 1. The number of nitrogens with one attached hydrogen (secondary N) is 1. The Balaban J connectivity index is 1.89. The second-order valence-electron chi connectivity index (χ2n) is 5.56. The summed E-state index contributed by atoms with van der Waals surface area (Å²) in [6.07, 6.45) is -0.707. The monoisotopic (exact) mass is 386 g/mol. The molecule has 0 spiro atoms. The van der Waals surface area contributed by atoms with Crippen molar-refractivity contribution in [1.29, 1.82) is 0 Å². The fraction of sp³-hybridized carbons (Fsp3) is 0.200. The highest BCUT2D eigenvalue weighted by Gasteiger charge is 2.36. The van der Waals surface area contributed by atoms with Gasteiger partial charge in [0.25, 0.3) is 10.0 Å². The third-order valence-corrected chi connectivity index (χ3v) is 6.89. The predicted octanol–water partition coefficient (Wildman–Crippen LogP) is 0.992. The van der Waals surface area contributed by atoms with Gasteiger partial charge in [-0.3, -0.25) is 4.72 Å². The van der Waals surface area contributed by atoms with E-state index in [-0.39, 0.29) is 28.6 Å². The van der Waals surface area contributed by atoms with Gasteiger partial charge in [0.1, 0.15) is 5.82 Å². The van der Waals surface area contributed by atoms with Crippen LogP contribution in [0, 0.1) is 5.82 Å². The Hall–Kier alpha value is -2.01. The molecule has 3 rings (SSSR count). The molecule has 0 aliphatic carbocycles. The molecule has 0 amide bonds. The van der Waals surface area contributed by atoms with E-state index in [1.165, 1.54) is 30.3 Å². The van der Waals surface area contributed by atoms with Crippen LogP contribution in [-0.2, 0) is 20.0 Å². The first kappa shape index (κ1) is 17.8. The molecule has 0 saturated carbocycles. The van der Waals surface area contributed by atoms with Crippen molar-refractivity contribution in [2.45, 2.75) is 15.9 Å². The number of sulfonamides is 2. The van der Waals surface area contributed by atoms with Gasteiger partial charge in [0.05, 0.1) is 15.9 Å². The number of hydrogen-bond acceptors (Lipinski definition) is 5. The third-order valence-electron chi connectivity index (χ3n) is 3.68. The molecule has 0 radical (unpaired) electrons. The standard InChI is InChI=1S/C15H15FN2O5S2/c16-11-4-6-12(7-5-11)17-24(20,21)14-2-1-3-15(8-14)25(22,23)18-9-13(19)10-18/h1-8,13,17,19H,9-10H2. The van der Waals surface area contributed by atoms with Crippen molar-refractivity contribution in [3.8, 4) is 0 Å². The molecule has 7 nitrogen and oxygen atoms in total. The second kappa shape index (κ2) is 6.37. The van der Waals surface area contributed by atoms with Crippen molar-refractivity contribution in [2.24, 2.45) is 0 Å². The zero-order valence-corrected chi connectivity index (χ0v) is 14.5. The molecule has 0 bridgehead atoms. The molecule has 1 aliphatic rings. The number of halogens is 1. The van der Waals surface area contributed by atoms with Crippen molar-refractivity contribution >= 4 is 25.7 Å². The van der Waals surface area contributed by atoms with E-state index in [0.29, 0.717) is 0 Å². The van der Waals surface area contributed by atoms with Crippen molar-refractivity contribution in [3.63, 3.8) is 0 Å². The molecule has 1 heterocycles. The quantitative estimate of drug-likeness (QED) is 0.798. The van der Waals surface area contributed by atoms with Crippen LogP contribution in [0.5, 0.6) is 0 Å². The number of benzene rings is 2. The van der Waals surface area contributed by atoms with Gasteiger partial charge in [-0.1, -0.05) is 6.07 Å². The van der Waals surface area contributed by atoms with Crippen LogP contribution in [0.25, 0.3) is 0 Å². The molecule has 2 N–H and O–H groups in total. The first-order chi connectivity index (χ1) is 11.7. The van der Waals surface area contributed by atoms with E-state index in [1.54, 1.807) is 0 Å². The lowest BCUT2D eigenvalue weighted by Gasteiger charge is -2.34. The molecule has 1 saturated heterocycles. The van der Waals surface area contributed by atoms with Crippen LogP contribution >= 0.6 is 0 Å². The van der Waals surface area contributed by atoms with Crippen LogP contribution in [0.2, 0.25) is 0 Å². The summed E-state index contributed by atoms with van der Waals surface area (Å²) in [4.78, 5) is -0.416. The molecule has 1 aliphatic heterocycles. The van der Waals surface area contributed by atoms with E-state index in [9.17, 15) is 26.3 Å². The van der Waals surface area contributed by atoms with Gasteiger partial charge in [-0.05, 0) is 42.5 Å². The number of β-amino-alcohol motifs (C(OH)–C–C–N with tert-alkyl or cyclic N) is 1. The number of rotatable bonds is 5.